The van der Waals surface area contributed by atoms with E-state index in [9.17, 15) is 5.11 Å². The molecule has 0 aliphatic heterocycles. The van der Waals surface area contributed by atoms with E-state index in [1.165, 1.54) is 5.56 Å². The smallest absolute Gasteiger partial charge is 0.160 e. The second-order valence-corrected chi connectivity index (χ2v) is 4.55. The SMILES string of the molecule is CC(COc1ccccc1O)NCc1ccccc1. The highest BCUT2D eigenvalue weighted by atomic mass is 16.5. The molecule has 0 fully saturated rings. The molecule has 100 valence electrons. The van der Waals surface area contributed by atoms with Crippen molar-refractivity contribution < 1.29 is 9.84 Å². The normalized spacial score (nSPS) is 12.1. The Morgan fingerprint density at radius 2 is 1.74 bits per heavy atom. The van der Waals surface area contributed by atoms with Crippen LogP contribution in [0.15, 0.2) is 54.6 Å². The second kappa shape index (κ2) is 6.81. The molecule has 2 aromatic carbocycles. The average Bonchev–Trinajstić information content (AvgIpc) is 2.45. The first-order valence-electron chi connectivity index (χ1n) is 6.44. The number of nitrogens with one attached hydrogen (secondary N) is 1. The van der Waals surface area contributed by atoms with Gasteiger partial charge in [0.2, 0.25) is 0 Å². The van der Waals surface area contributed by atoms with Gasteiger partial charge in [-0.1, -0.05) is 42.5 Å². The standard InChI is InChI=1S/C16H19NO2/c1-13(17-11-14-7-3-2-4-8-14)12-19-16-10-6-5-9-15(16)18/h2-10,13,17-18H,11-12H2,1H3. The molecule has 3 nitrogen and oxygen atoms in total. The van der Waals surface area contributed by atoms with Gasteiger partial charge in [-0.3, -0.25) is 0 Å². The fourth-order valence-electron chi connectivity index (χ4n) is 1.74. The Morgan fingerprint density at radius 3 is 2.47 bits per heavy atom. The van der Waals surface area contributed by atoms with Crippen LogP contribution in [-0.2, 0) is 6.54 Å². The van der Waals surface area contributed by atoms with Crippen molar-refractivity contribution in [2.24, 2.45) is 0 Å². The minimum atomic E-state index is 0.178. The molecular formula is C16H19NO2. The Hall–Kier alpha value is -2.00. The molecule has 0 heterocycles. The maximum atomic E-state index is 9.59. The monoisotopic (exact) mass is 257 g/mol. The van der Waals surface area contributed by atoms with Crippen LogP contribution in [0.3, 0.4) is 0 Å². The predicted octanol–water partition coefficient (Wildman–Crippen LogP) is 2.95. The van der Waals surface area contributed by atoms with Crippen molar-refractivity contribution in [3.8, 4) is 11.5 Å². The summed E-state index contributed by atoms with van der Waals surface area (Å²) in [5.74, 6) is 0.702. The van der Waals surface area contributed by atoms with Gasteiger partial charge >= 0.3 is 0 Å². The third-order valence-electron chi connectivity index (χ3n) is 2.85. The fraction of sp³-hybridized carbons (Fsp3) is 0.250. The Morgan fingerprint density at radius 1 is 1.05 bits per heavy atom. The van der Waals surface area contributed by atoms with E-state index in [0.717, 1.165) is 6.54 Å². The highest BCUT2D eigenvalue weighted by Gasteiger charge is 2.05. The van der Waals surface area contributed by atoms with E-state index >= 15 is 0 Å². The zero-order valence-electron chi connectivity index (χ0n) is 11.0. The molecule has 0 amide bonds. The van der Waals surface area contributed by atoms with Crippen molar-refractivity contribution in [2.75, 3.05) is 6.61 Å². The van der Waals surface area contributed by atoms with Crippen molar-refractivity contribution >= 4 is 0 Å². The molecule has 19 heavy (non-hydrogen) atoms. The summed E-state index contributed by atoms with van der Waals surface area (Å²) in [6, 6.07) is 17.5. The van der Waals surface area contributed by atoms with Crippen LogP contribution in [0, 0.1) is 0 Å². The highest BCUT2D eigenvalue weighted by molar-refractivity contribution is 5.37. The Labute approximate surface area is 113 Å². The molecule has 0 saturated heterocycles. The lowest BCUT2D eigenvalue weighted by atomic mass is 10.2. The number of benzene rings is 2. The number of hydrogen-bond donors (Lipinski definition) is 2. The molecule has 0 bridgehead atoms. The minimum Gasteiger partial charge on any atom is -0.504 e. The molecule has 3 heteroatoms. The largest absolute Gasteiger partial charge is 0.504 e. The molecule has 0 aliphatic carbocycles. The lowest BCUT2D eigenvalue weighted by molar-refractivity contribution is 0.261. The Balaban J connectivity index is 1.76. The zero-order valence-corrected chi connectivity index (χ0v) is 11.0. The molecule has 0 aromatic heterocycles. The Bertz CT molecular complexity index is 499. The van der Waals surface area contributed by atoms with Gasteiger partial charge < -0.3 is 15.2 Å². The summed E-state index contributed by atoms with van der Waals surface area (Å²) in [5.41, 5.74) is 1.25. The van der Waals surface area contributed by atoms with Gasteiger partial charge in [0, 0.05) is 12.6 Å². The van der Waals surface area contributed by atoms with Crippen LogP contribution in [-0.4, -0.2) is 17.8 Å². The van der Waals surface area contributed by atoms with Gasteiger partial charge in [-0.2, -0.15) is 0 Å². The number of phenolic OH excluding ortho intramolecular Hbond substituents is 1. The molecular weight excluding hydrogens is 238 g/mol. The topological polar surface area (TPSA) is 41.5 Å². The number of phenols is 1. The number of rotatable bonds is 6. The molecule has 0 spiro atoms. The van der Waals surface area contributed by atoms with Gasteiger partial charge in [-0.25, -0.2) is 0 Å². The summed E-state index contributed by atoms with van der Waals surface area (Å²) in [5, 5.41) is 13.0. The first-order valence-corrected chi connectivity index (χ1v) is 6.44. The van der Waals surface area contributed by atoms with Gasteiger partial charge in [0.15, 0.2) is 11.5 Å². The quantitative estimate of drug-likeness (QED) is 0.836. The lowest BCUT2D eigenvalue weighted by Gasteiger charge is -2.15. The number of para-hydroxylation sites is 2. The van der Waals surface area contributed by atoms with Gasteiger partial charge in [0.25, 0.3) is 0 Å². The Kier molecular flexibility index (Phi) is 4.81. The van der Waals surface area contributed by atoms with Crippen molar-refractivity contribution in [3.05, 3.63) is 60.2 Å². The van der Waals surface area contributed by atoms with Crippen molar-refractivity contribution in [2.45, 2.75) is 19.5 Å². The molecule has 0 aliphatic rings. The van der Waals surface area contributed by atoms with E-state index in [1.807, 2.05) is 24.3 Å². The molecule has 2 aromatic rings. The summed E-state index contributed by atoms with van der Waals surface area (Å²) in [6.07, 6.45) is 0. The second-order valence-electron chi connectivity index (χ2n) is 4.55. The van der Waals surface area contributed by atoms with Crippen LogP contribution in [0.4, 0.5) is 0 Å². The number of aromatic hydroxyl groups is 1. The summed E-state index contributed by atoms with van der Waals surface area (Å²) < 4.78 is 5.57. The molecule has 2 N–H and O–H groups in total. The van der Waals surface area contributed by atoms with E-state index in [4.69, 9.17) is 4.74 Å². The van der Waals surface area contributed by atoms with Gasteiger partial charge in [0.1, 0.15) is 6.61 Å². The molecule has 0 saturated carbocycles. The minimum absolute atomic E-state index is 0.178. The summed E-state index contributed by atoms with van der Waals surface area (Å²) >= 11 is 0. The van der Waals surface area contributed by atoms with E-state index in [1.54, 1.807) is 18.2 Å². The van der Waals surface area contributed by atoms with Crippen molar-refractivity contribution in [3.63, 3.8) is 0 Å². The predicted molar refractivity (Wildman–Crippen MR) is 76.3 cm³/mol. The van der Waals surface area contributed by atoms with Gasteiger partial charge in [-0.05, 0) is 24.6 Å². The van der Waals surface area contributed by atoms with Crippen molar-refractivity contribution in [1.82, 2.24) is 5.32 Å². The number of hydrogen-bond acceptors (Lipinski definition) is 3. The van der Waals surface area contributed by atoms with E-state index in [0.29, 0.717) is 12.4 Å². The first-order chi connectivity index (χ1) is 9.25. The maximum Gasteiger partial charge on any atom is 0.160 e. The van der Waals surface area contributed by atoms with Crippen LogP contribution >= 0.6 is 0 Å². The van der Waals surface area contributed by atoms with E-state index in [-0.39, 0.29) is 11.8 Å². The molecule has 1 atom stereocenters. The summed E-state index contributed by atoms with van der Waals surface area (Å²) in [6.45, 7) is 3.39. The average molecular weight is 257 g/mol. The molecule has 2 rings (SSSR count). The van der Waals surface area contributed by atoms with Crippen LogP contribution in [0.5, 0.6) is 11.5 Å². The highest BCUT2D eigenvalue weighted by Crippen LogP contribution is 2.24. The lowest BCUT2D eigenvalue weighted by Crippen LogP contribution is -2.31. The summed E-state index contributed by atoms with van der Waals surface area (Å²) in [4.78, 5) is 0. The van der Waals surface area contributed by atoms with E-state index < -0.39 is 0 Å². The molecule has 1 unspecified atom stereocenters. The van der Waals surface area contributed by atoms with Gasteiger partial charge in [-0.15, -0.1) is 0 Å². The van der Waals surface area contributed by atoms with Crippen molar-refractivity contribution in [1.29, 1.82) is 0 Å². The van der Waals surface area contributed by atoms with Gasteiger partial charge in [0.05, 0.1) is 0 Å². The maximum absolute atomic E-state index is 9.59. The molecule has 0 radical (unpaired) electrons. The van der Waals surface area contributed by atoms with Crippen LogP contribution in [0.2, 0.25) is 0 Å². The third kappa shape index (κ3) is 4.30. The van der Waals surface area contributed by atoms with Crippen LogP contribution in [0.25, 0.3) is 0 Å². The van der Waals surface area contributed by atoms with Crippen LogP contribution < -0.4 is 10.1 Å². The summed E-state index contributed by atoms with van der Waals surface area (Å²) in [7, 11) is 0. The first kappa shape index (κ1) is 13.4. The van der Waals surface area contributed by atoms with Crippen LogP contribution in [0.1, 0.15) is 12.5 Å². The fourth-order valence-corrected chi connectivity index (χ4v) is 1.74. The third-order valence-corrected chi connectivity index (χ3v) is 2.85. The van der Waals surface area contributed by atoms with E-state index in [2.05, 4.69) is 24.4 Å². The zero-order chi connectivity index (χ0) is 13.5. The number of ether oxygens (including phenoxy) is 1.